The molecule has 2 aliphatic rings. The van der Waals surface area contributed by atoms with Crippen LogP contribution in [0.15, 0.2) is 36.4 Å². The summed E-state index contributed by atoms with van der Waals surface area (Å²) in [7, 11) is 1.65. The van der Waals surface area contributed by atoms with Gasteiger partial charge < -0.3 is 19.5 Å². The van der Waals surface area contributed by atoms with Crippen LogP contribution in [0.25, 0.3) is 0 Å². The van der Waals surface area contributed by atoms with Gasteiger partial charge in [-0.3, -0.25) is 9.69 Å². The normalized spacial score (nSPS) is 20.3. The van der Waals surface area contributed by atoms with E-state index in [1.807, 2.05) is 65.0 Å². The lowest BCUT2D eigenvalue weighted by Crippen LogP contribution is -2.34. The number of carbonyl (C=O) groups excluding carboxylic acids is 1. The fourth-order valence-corrected chi connectivity index (χ4v) is 5.85. The molecule has 2 aliphatic heterocycles. The number of ether oxygens (including phenoxy) is 3. The monoisotopic (exact) mass is 569 g/mol. The highest BCUT2D eigenvalue weighted by Crippen LogP contribution is 2.34. The third-order valence-corrected chi connectivity index (χ3v) is 7.69. The number of pyridine rings is 1. The number of hydrogen-bond acceptors (Lipinski definition) is 7. The van der Waals surface area contributed by atoms with Gasteiger partial charge in [0.05, 0.1) is 13.0 Å². The highest BCUT2D eigenvalue weighted by Gasteiger charge is 2.39. The number of nitrogens with zero attached hydrogens (tertiary/aromatic N) is 2. The van der Waals surface area contributed by atoms with E-state index in [0.717, 1.165) is 36.5 Å². The predicted octanol–water partition coefficient (Wildman–Crippen LogP) is 6.11. The van der Waals surface area contributed by atoms with Gasteiger partial charge in [-0.05, 0) is 96.0 Å². The highest BCUT2D eigenvalue weighted by atomic mass is 19.1. The molecule has 1 aromatic heterocycles. The van der Waals surface area contributed by atoms with Crippen LogP contribution in [-0.4, -0.2) is 72.6 Å². The molecule has 0 radical (unpaired) electrons. The van der Waals surface area contributed by atoms with Gasteiger partial charge in [-0.15, -0.1) is 0 Å². The van der Waals surface area contributed by atoms with E-state index in [2.05, 4.69) is 16.3 Å². The van der Waals surface area contributed by atoms with E-state index in [1.165, 1.54) is 5.56 Å². The number of anilines is 1. The Labute approximate surface area is 245 Å². The van der Waals surface area contributed by atoms with E-state index >= 15 is 4.39 Å². The van der Waals surface area contributed by atoms with Gasteiger partial charge in [0, 0.05) is 44.9 Å². The number of fused-ring (bicyclic) bond motifs is 1. The summed E-state index contributed by atoms with van der Waals surface area (Å²) in [5.74, 6) is 1.25. The maximum absolute atomic E-state index is 16.0. The van der Waals surface area contributed by atoms with Crippen molar-refractivity contribution in [3.8, 4) is 5.75 Å². The molecule has 0 spiro atoms. The van der Waals surface area contributed by atoms with Crippen molar-refractivity contribution in [2.75, 3.05) is 45.2 Å². The lowest BCUT2D eigenvalue weighted by molar-refractivity contribution is -0.155. The molecule has 1 fully saturated rings. The van der Waals surface area contributed by atoms with Gasteiger partial charge in [0.1, 0.15) is 28.4 Å². The third-order valence-electron chi connectivity index (χ3n) is 7.69. The second kappa shape index (κ2) is 13.1. The molecule has 0 amide bonds. The molecule has 1 saturated heterocycles. The first kappa shape index (κ1) is 31.2. The summed E-state index contributed by atoms with van der Waals surface area (Å²) in [5.41, 5.74) is 0.804. The Kier molecular flexibility index (Phi) is 9.96. The first-order chi connectivity index (χ1) is 19.3. The van der Waals surface area contributed by atoms with Crippen molar-refractivity contribution in [3.05, 3.63) is 53.2 Å². The Morgan fingerprint density at radius 2 is 2.00 bits per heavy atom. The molecule has 2 unspecified atom stereocenters. The Bertz CT molecular complexity index is 1180. The number of likely N-dealkylation sites (tertiary alicyclic amines) is 1. The summed E-state index contributed by atoms with van der Waals surface area (Å²) in [6.45, 7) is 12.5. The zero-order chi connectivity index (χ0) is 29.7. The summed E-state index contributed by atoms with van der Waals surface area (Å²) < 4.78 is 33.2. The van der Waals surface area contributed by atoms with Crippen molar-refractivity contribution in [2.24, 2.45) is 0 Å². The fourth-order valence-electron chi connectivity index (χ4n) is 5.85. The van der Waals surface area contributed by atoms with Crippen LogP contribution in [0.4, 0.5) is 10.2 Å². The van der Waals surface area contributed by atoms with E-state index in [1.54, 1.807) is 7.11 Å². The zero-order valence-corrected chi connectivity index (χ0v) is 25.7. The van der Waals surface area contributed by atoms with Crippen LogP contribution in [0.2, 0.25) is 0 Å². The summed E-state index contributed by atoms with van der Waals surface area (Å²) in [4.78, 5) is 19.8. The van der Waals surface area contributed by atoms with Gasteiger partial charge in [0.2, 0.25) is 0 Å². The number of carbonyl (C=O) groups is 1. The van der Waals surface area contributed by atoms with Crippen LogP contribution in [0, 0.1) is 0 Å². The van der Waals surface area contributed by atoms with Crippen LogP contribution in [0.5, 0.6) is 5.75 Å². The van der Waals surface area contributed by atoms with Gasteiger partial charge in [0.25, 0.3) is 0 Å². The standard InChI is InChI=1S/C33H48FN3O4/c1-31(2,3)41-29(38)20-26(25-9-7-11-28(19-25)40-32(4,5)23-39-6)21-37-18-16-33(34,22-37)15-14-27-13-12-24-10-8-17-35-30(24)36-27/h7,9,11-13,19,26H,8,10,14-18,20-23H2,1-6H3,(H,35,36). The van der Waals surface area contributed by atoms with E-state index in [9.17, 15) is 4.79 Å². The summed E-state index contributed by atoms with van der Waals surface area (Å²) >= 11 is 0. The molecule has 3 heterocycles. The van der Waals surface area contributed by atoms with E-state index in [4.69, 9.17) is 19.2 Å². The van der Waals surface area contributed by atoms with Crippen LogP contribution in [0.1, 0.15) is 83.0 Å². The predicted molar refractivity (Wildman–Crippen MR) is 160 cm³/mol. The molecule has 7 nitrogen and oxygen atoms in total. The zero-order valence-electron chi connectivity index (χ0n) is 25.7. The molecular weight excluding hydrogens is 521 g/mol. The first-order valence-electron chi connectivity index (χ1n) is 15.0. The Morgan fingerprint density at radius 3 is 2.76 bits per heavy atom. The van der Waals surface area contributed by atoms with Crippen LogP contribution in [0.3, 0.4) is 0 Å². The number of hydrogen-bond donors (Lipinski definition) is 1. The largest absolute Gasteiger partial charge is 0.485 e. The average molecular weight is 570 g/mol. The number of rotatable bonds is 12. The van der Waals surface area contributed by atoms with E-state index < -0.39 is 16.9 Å². The first-order valence-corrected chi connectivity index (χ1v) is 15.0. The van der Waals surface area contributed by atoms with Crippen molar-refractivity contribution >= 4 is 11.8 Å². The molecule has 226 valence electrons. The molecule has 2 atom stereocenters. The molecule has 0 saturated carbocycles. The number of nitrogens with one attached hydrogen (secondary N) is 1. The Balaban J connectivity index is 1.43. The molecule has 1 aromatic carbocycles. The molecule has 41 heavy (non-hydrogen) atoms. The topological polar surface area (TPSA) is 72.9 Å². The lowest BCUT2D eigenvalue weighted by atomic mass is 9.94. The number of benzene rings is 1. The lowest BCUT2D eigenvalue weighted by Gasteiger charge is -2.28. The quantitative estimate of drug-likeness (QED) is 0.310. The van der Waals surface area contributed by atoms with Gasteiger partial charge >= 0.3 is 5.97 Å². The van der Waals surface area contributed by atoms with Gasteiger partial charge in [-0.25, -0.2) is 9.37 Å². The second-order valence-electron chi connectivity index (χ2n) is 13.3. The molecule has 0 bridgehead atoms. The minimum Gasteiger partial charge on any atom is -0.485 e. The molecule has 8 heteroatoms. The molecular formula is C33H48FN3O4. The van der Waals surface area contributed by atoms with Crippen LogP contribution < -0.4 is 10.1 Å². The number of aryl methyl sites for hydroxylation is 2. The van der Waals surface area contributed by atoms with E-state index in [-0.39, 0.29) is 18.3 Å². The number of alkyl halides is 1. The number of aromatic nitrogens is 1. The van der Waals surface area contributed by atoms with Crippen molar-refractivity contribution in [3.63, 3.8) is 0 Å². The van der Waals surface area contributed by atoms with Gasteiger partial charge in [0.15, 0.2) is 0 Å². The van der Waals surface area contributed by atoms with Crippen molar-refractivity contribution in [1.82, 2.24) is 9.88 Å². The van der Waals surface area contributed by atoms with Gasteiger partial charge in [-0.1, -0.05) is 18.2 Å². The molecule has 2 aromatic rings. The summed E-state index contributed by atoms with van der Waals surface area (Å²) in [6.07, 6.45) is 3.90. The van der Waals surface area contributed by atoms with Crippen molar-refractivity contribution < 1.29 is 23.4 Å². The maximum atomic E-state index is 16.0. The highest BCUT2D eigenvalue weighted by molar-refractivity contribution is 5.71. The number of esters is 1. The van der Waals surface area contributed by atoms with Crippen LogP contribution in [-0.2, 0) is 27.1 Å². The van der Waals surface area contributed by atoms with E-state index in [0.29, 0.717) is 51.3 Å². The van der Waals surface area contributed by atoms with Gasteiger partial charge in [-0.2, -0.15) is 0 Å². The third kappa shape index (κ3) is 9.40. The number of halogens is 1. The molecule has 0 aliphatic carbocycles. The Hall–Kier alpha value is -2.71. The average Bonchev–Trinajstić information content (AvgIpc) is 3.26. The number of methoxy groups -OCH3 is 1. The molecule has 1 N–H and O–H groups in total. The summed E-state index contributed by atoms with van der Waals surface area (Å²) in [5, 5.41) is 3.37. The smallest absolute Gasteiger partial charge is 0.306 e. The summed E-state index contributed by atoms with van der Waals surface area (Å²) in [6, 6.07) is 12.0. The SMILES string of the molecule is COCC(C)(C)Oc1cccc(C(CC(=O)OC(C)(C)C)CN2CCC(F)(CCc3ccc4c(n3)NCCC4)C2)c1. The van der Waals surface area contributed by atoms with Crippen LogP contribution >= 0.6 is 0 Å². The molecule has 4 rings (SSSR count). The minimum absolute atomic E-state index is 0.158. The minimum atomic E-state index is -1.28. The van der Waals surface area contributed by atoms with Crippen molar-refractivity contribution in [2.45, 2.75) is 95.9 Å². The van der Waals surface area contributed by atoms with Crippen molar-refractivity contribution in [1.29, 1.82) is 0 Å². The fraction of sp³-hybridized carbons (Fsp3) is 0.636. The maximum Gasteiger partial charge on any atom is 0.306 e. The second-order valence-corrected chi connectivity index (χ2v) is 13.3. The Morgan fingerprint density at radius 1 is 1.20 bits per heavy atom.